The van der Waals surface area contributed by atoms with E-state index >= 15 is 0 Å². The molecule has 14 nitrogen and oxygen atoms in total. The molecule has 2 unspecified atom stereocenters. The SMILES string of the molecule is CCC1OC(=O)[C@H](C)C(O[C@H]2C[C@@](C)(OC)[C@@H](OC=O)[C@H](C)O2)[C@H](C)[C@@H](O[C@@H]2O[C@H](C)C[C@H](N(C)C)[C@H]2O)[C@](C)(O)C[C@@H](C)C(=O)[C@H](C)[C@@H](O)[C@H]1C. The Balaban J connectivity index is 2.16. The van der Waals surface area contributed by atoms with Crippen LogP contribution in [0.2, 0.25) is 0 Å². The summed E-state index contributed by atoms with van der Waals surface area (Å²) in [7, 11) is 5.22. The number of carbonyl (C=O) groups is 3. The van der Waals surface area contributed by atoms with Gasteiger partial charge in [0, 0.05) is 43.2 Å². The molecule has 14 heteroatoms. The van der Waals surface area contributed by atoms with Gasteiger partial charge in [0.1, 0.15) is 23.6 Å². The summed E-state index contributed by atoms with van der Waals surface area (Å²) in [5, 5.41) is 35.3. The van der Waals surface area contributed by atoms with E-state index < -0.39 is 102 Å². The van der Waals surface area contributed by atoms with Crippen molar-refractivity contribution in [3.63, 3.8) is 0 Å². The van der Waals surface area contributed by atoms with Crippen molar-refractivity contribution in [1.29, 1.82) is 0 Å². The van der Waals surface area contributed by atoms with Crippen molar-refractivity contribution in [2.45, 2.75) is 174 Å². The van der Waals surface area contributed by atoms with Crippen LogP contribution in [0, 0.1) is 29.6 Å². The Morgan fingerprint density at radius 1 is 0.904 bits per heavy atom. The van der Waals surface area contributed by atoms with Crippen LogP contribution >= 0.6 is 0 Å². The fraction of sp³-hybridized carbons (Fsp3) is 0.921. The van der Waals surface area contributed by atoms with E-state index in [1.54, 1.807) is 55.4 Å². The zero-order valence-corrected chi connectivity index (χ0v) is 33.5. The molecule has 0 saturated carbocycles. The van der Waals surface area contributed by atoms with Crippen LogP contribution < -0.4 is 0 Å². The molecule has 0 aromatic carbocycles. The number of carbonyl (C=O) groups excluding carboxylic acids is 3. The molecule has 0 aliphatic carbocycles. The zero-order chi connectivity index (χ0) is 39.5. The summed E-state index contributed by atoms with van der Waals surface area (Å²) in [6.45, 7) is 17.7. The largest absolute Gasteiger partial charge is 0.462 e. The number of aliphatic hydroxyl groups excluding tert-OH is 2. The second-order valence-electron chi connectivity index (χ2n) is 16.4. The van der Waals surface area contributed by atoms with Crippen LogP contribution in [0.25, 0.3) is 0 Å². The van der Waals surface area contributed by atoms with Crippen molar-refractivity contribution in [2.75, 3.05) is 21.2 Å². The van der Waals surface area contributed by atoms with Crippen LogP contribution in [0.3, 0.4) is 0 Å². The minimum absolute atomic E-state index is 0.0616. The van der Waals surface area contributed by atoms with E-state index in [0.29, 0.717) is 19.3 Å². The molecule has 18 atom stereocenters. The molecule has 3 aliphatic rings. The molecule has 3 heterocycles. The van der Waals surface area contributed by atoms with Gasteiger partial charge in [-0.3, -0.25) is 14.4 Å². The van der Waals surface area contributed by atoms with Gasteiger partial charge in [0.05, 0.1) is 42.0 Å². The Labute approximate surface area is 310 Å². The molecule has 0 radical (unpaired) electrons. The number of nitrogens with zero attached hydrogens (tertiary/aromatic N) is 1. The Hall–Kier alpha value is -1.75. The van der Waals surface area contributed by atoms with E-state index in [2.05, 4.69) is 0 Å². The summed E-state index contributed by atoms with van der Waals surface area (Å²) in [6, 6.07) is -0.311. The van der Waals surface area contributed by atoms with Crippen LogP contribution in [0.4, 0.5) is 0 Å². The second kappa shape index (κ2) is 18.3. The predicted molar refractivity (Wildman–Crippen MR) is 190 cm³/mol. The maximum absolute atomic E-state index is 14.1. The lowest BCUT2D eigenvalue weighted by molar-refractivity contribution is -0.318. The molecule has 0 aromatic heterocycles. The first kappa shape index (κ1) is 44.6. The van der Waals surface area contributed by atoms with Gasteiger partial charge in [0.25, 0.3) is 6.47 Å². The van der Waals surface area contributed by atoms with Crippen LogP contribution in [0.1, 0.15) is 94.9 Å². The third kappa shape index (κ3) is 9.91. The highest BCUT2D eigenvalue weighted by molar-refractivity contribution is 5.83. The molecule has 3 aliphatic heterocycles. The average Bonchev–Trinajstić information content (AvgIpc) is 3.08. The van der Waals surface area contributed by atoms with E-state index in [1.165, 1.54) is 7.11 Å². The van der Waals surface area contributed by atoms with E-state index in [-0.39, 0.29) is 30.8 Å². The first-order valence-corrected chi connectivity index (χ1v) is 18.9. The third-order valence-electron chi connectivity index (χ3n) is 11.9. The van der Waals surface area contributed by atoms with Gasteiger partial charge in [0.15, 0.2) is 18.7 Å². The minimum Gasteiger partial charge on any atom is -0.462 e. The van der Waals surface area contributed by atoms with Gasteiger partial charge in [-0.05, 0) is 68.0 Å². The van der Waals surface area contributed by atoms with E-state index in [1.807, 2.05) is 32.8 Å². The summed E-state index contributed by atoms with van der Waals surface area (Å²) >= 11 is 0. The minimum atomic E-state index is -1.74. The Kier molecular flexibility index (Phi) is 15.7. The van der Waals surface area contributed by atoms with Gasteiger partial charge in [0.2, 0.25) is 0 Å². The molecular formula is C38H67NO13. The number of hydrogen-bond acceptors (Lipinski definition) is 14. The molecule has 302 valence electrons. The molecule has 0 amide bonds. The van der Waals surface area contributed by atoms with Crippen molar-refractivity contribution < 1.29 is 62.9 Å². The monoisotopic (exact) mass is 745 g/mol. The smallest absolute Gasteiger partial charge is 0.311 e. The quantitative estimate of drug-likeness (QED) is 0.232. The van der Waals surface area contributed by atoms with Crippen LogP contribution in [0.15, 0.2) is 0 Å². The number of likely N-dealkylation sites (N-methyl/N-ethyl adjacent to an activating group) is 1. The van der Waals surface area contributed by atoms with Gasteiger partial charge in [-0.1, -0.05) is 34.6 Å². The third-order valence-corrected chi connectivity index (χ3v) is 11.9. The summed E-state index contributed by atoms with van der Waals surface area (Å²) in [5.74, 6) is -4.71. The molecule has 3 N–H and O–H groups in total. The number of cyclic esters (lactones) is 1. The molecule has 3 saturated heterocycles. The molecule has 0 aromatic rings. The number of esters is 1. The van der Waals surface area contributed by atoms with Crippen molar-refractivity contribution in [3.05, 3.63) is 0 Å². The van der Waals surface area contributed by atoms with Gasteiger partial charge in [-0.2, -0.15) is 0 Å². The summed E-state index contributed by atoms with van der Waals surface area (Å²) in [4.78, 5) is 41.2. The number of ether oxygens (including phenoxy) is 7. The molecule has 0 bridgehead atoms. The fourth-order valence-corrected chi connectivity index (χ4v) is 8.66. The maximum Gasteiger partial charge on any atom is 0.311 e. The van der Waals surface area contributed by atoms with Crippen molar-refractivity contribution >= 4 is 18.2 Å². The number of ketones is 1. The fourth-order valence-electron chi connectivity index (χ4n) is 8.66. The van der Waals surface area contributed by atoms with Crippen molar-refractivity contribution in [1.82, 2.24) is 4.90 Å². The number of hydrogen-bond donors (Lipinski definition) is 3. The molecule has 3 fully saturated rings. The first-order chi connectivity index (χ1) is 24.1. The second-order valence-corrected chi connectivity index (χ2v) is 16.4. The van der Waals surface area contributed by atoms with Crippen LogP contribution in [-0.4, -0.2) is 138 Å². The lowest BCUT2D eigenvalue weighted by Crippen LogP contribution is -2.61. The van der Waals surface area contributed by atoms with Gasteiger partial charge in [-0.25, -0.2) is 0 Å². The average molecular weight is 746 g/mol. The lowest BCUT2D eigenvalue weighted by atomic mass is 9.74. The van der Waals surface area contributed by atoms with Gasteiger partial charge < -0.3 is 53.4 Å². The Morgan fingerprint density at radius 3 is 2.10 bits per heavy atom. The van der Waals surface area contributed by atoms with Crippen LogP contribution in [-0.2, 0) is 47.5 Å². The molecule has 0 spiro atoms. The number of Topliss-reactive ketones (excluding diaryl/α,β-unsaturated/α-hetero) is 1. The van der Waals surface area contributed by atoms with Crippen molar-refractivity contribution in [3.8, 4) is 0 Å². The first-order valence-electron chi connectivity index (χ1n) is 18.9. The predicted octanol–water partition coefficient (Wildman–Crippen LogP) is 2.85. The molecule has 52 heavy (non-hydrogen) atoms. The van der Waals surface area contributed by atoms with Gasteiger partial charge >= 0.3 is 5.97 Å². The highest BCUT2D eigenvalue weighted by atomic mass is 16.7. The normalized spacial score (nSPS) is 47.4. The zero-order valence-electron chi connectivity index (χ0n) is 33.5. The number of methoxy groups -OCH3 is 1. The highest BCUT2D eigenvalue weighted by Crippen LogP contribution is 2.41. The molecular weight excluding hydrogens is 678 g/mol. The molecule has 3 rings (SSSR count). The van der Waals surface area contributed by atoms with Gasteiger partial charge in [-0.15, -0.1) is 0 Å². The Bertz CT molecular complexity index is 1190. The van der Waals surface area contributed by atoms with Crippen molar-refractivity contribution in [2.24, 2.45) is 29.6 Å². The maximum atomic E-state index is 14.1. The summed E-state index contributed by atoms with van der Waals surface area (Å²) < 4.78 is 43.0. The summed E-state index contributed by atoms with van der Waals surface area (Å²) in [5.41, 5.74) is -2.75. The number of rotatable bonds is 9. The van der Waals surface area contributed by atoms with E-state index in [4.69, 9.17) is 33.2 Å². The topological polar surface area (TPSA) is 180 Å². The van der Waals surface area contributed by atoms with Crippen LogP contribution in [0.5, 0.6) is 0 Å². The highest BCUT2D eigenvalue weighted by Gasteiger charge is 2.53. The lowest BCUT2D eigenvalue weighted by Gasteiger charge is -2.49. The van der Waals surface area contributed by atoms with E-state index in [9.17, 15) is 29.7 Å². The number of aliphatic hydroxyl groups is 3. The summed E-state index contributed by atoms with van der Waals surface area (Å²) in [6.07, 6.45) is -7.93. The van der Waals surface area contributed by atoms with E-state index in [0.717, 1.165) is 0 Å². The Morgan fingerprint density at radius 2 is 1.54 bits per heavy atom. The standard InChI is InChI=1S/C38H67NO13/c1-14-27-21(4)30(42)22(5)29(41)19(2)16-37(9,45)33(52-36-31(43)26(39(11)12)15-20(3)48-36)23(6)32(24(7)35(44)50-27)51-28-17-38(10,46-13)34(47-18-40)25(8)49-28/h18-28,30-34,36,42-43,45H,14-17H2,1-13H3/t19-,20-,21+,22+,23+,24-,25+,26+,27?,28+,30+,31-,32?,33-,34+,36+,37-,38-/m1/s1.